The van der Waals surface area contributed by atoms with E-state index in [1.165, 1.54) is 6.07 Å². The lowest BCUT2D eigenvalue weighted by molar-refractivity contribution is 0.0655. The average molecular weight is 257 g/mol. The van der Waals surface area contributed by atoms with E-state index in [9.17, 15) is 4.39 Å². The Morgan fingerprint density at radius 3 is 2.82 bits per heavy atom. The number of hydrogen-bond acceptors (Lipinski definition) is 3. The fraction of sp³-hybridized carbons (Fsp3) is 0.417. The van der Waals surface area contributed by atoms with Gasteiger partial charge in [0.25, 0.3) is 0 Å². The summed E-state index contributed by atoms with van der Waals surface area (Å²) in [5.41, 5.74) is 5.62. The summed E-state index contributed by atoms with van der Waals surface area (Å²) in [5.74, 6) is -0.122. The van der Waals surface area contributed by atoms with Crippen LogP contribution in [0.5, 0.6) is 5.75 Å². The zero-order valence-electron chi connectivity index (χ0n) is 9.90. The highest BCUT2D eigenvalue weighted by atomic mass is 32.1. The molecule has 0 radical (unpaired) electrons. The molecule has 1 atom stereocenters. The Morgan fingerprint density at radius 1 is 1.53 bits per heavy atom. The van der Waals surface area contributed by atoms with Gasteiger partial charge in [-0.1, -0.05) is 18.3 Å². The van der Waals surface area contributed by atoms with Crippen LogP contribution in [0.3, 0.4) is 0 Å². The largest absolute Gasteiger partial charge is 0.487 e. The fourth-order valence-corrected chi connectivity index (χ4v) is 1.57. The van der Waals surface area contributed by atoms with Crippen LogP contribution in [0.25, 0.3) is 0 Å². The number of rotatable bonds is 6. The van der Waals surface area contributed by atoms with Gasteiger partial charge in [0.15, 0.2) is 0 Å². The van der Waals surface area contributed by atoms with E-state index in [0.29, 0.717) is 19.0 Å². The lowest BCUT2D eigenvalue weighted by atomic mass is 10.2. The first kappa shape index (κ1) is 13.9. The Bertz CT molecular complexity index is 398. The van der Waals surface area contributed by atoms with Gasteiger partial charge in [0.1, 0.15) is 22.7 Å². The number of ether oxygens (including phenoxy) is 2. The van der Waals surface area contributed by atoms with Crippen LogP contribution in [-0.4, -0.2) is 24.3 Å². The van der Waals surface area contributed by atoms with E-state index in [1.807, 2.05) is 13.8 Å². The highest BCUT2D eigenvalue weighted by Gasteiger charge is 2.14. The first-order chi connectivity index (χ1) is 8.06. The summed E-state index contributed by atoms with van der Waals surface area (Å²) in [5, 5.41) is 0. The Balaban J connectivity index is 2.83. The molecule has 1 aromatic rings. The smallest absolute Gasteiger partial charge is 0.137 e. The van der Waals surface area contributed by atoms with Gasteiger partial charge in [0.2, 0.25) is 0 Å². The Labute approximate surface area is 106 Å². The van der Waals surface area contributed by atoms with Gasteiger partial charge in [-0.2, -0.15) is 0 Å². The van der Waals surface area contributed by atoms with Crippen LogP contribution in [-0.2, 0) is 4.74 Å². The predicted molar refractivity (Wildman–Crippen MR) is 68.9 cm³/mol. The van der Waals surface area contributed by atoms with Gasteiger partial charge in [-0.15, -0.1) is 0 Å². The third kappa shape index (κ3) is 3.94. The lowest BCUT2D eigenvalue weighted by Crippen LogP contribution is -2.22. The van der Waals surface area contributed by atoms with E-state index >= 15 is 0 Å². The molecule has 0 amide bonds. The molecule has 0 aliphatic rings. The number of hydrogen-bond donors (Lipinski definition) is 1. The third-order valence-electron chi connectivity index (χ3n) is 2.11. The second kappa shape index (κ2) is 6.51. The second-order valence-electron chi connectivity index (χ2n) is 3.57. The van der Waals surface area contributed by atoms with Crippen molar-refractivity contribution in [3.05, 3.63) is 29.6 Å². The van der Waals surface area contributed by atoms with E-state index < -0.39 is 5.82 Å². The topological polar surface area (TPSA) is 44.5 Å². The normalized spacial score (nSPS) is 12.2. The molecule has 1 unspecified atom stereocenters. The van der Waals surface area contributed by atoms with Gasteiger partial charge < -0.3 is 15.2 Å². The highest BCUT2D eigenvalue weighted by molar-refractivity contribution is 7.80. The number of nitrogens with two attached hydrogens (primary N) is 1. The van der Waals surface area contributed by atoms with Gasteiger partial charge in [-0.05, 0) is 26.0 Å². The lowest BCUT2D eigenvalue weighted by Gasteiger charge is -2.17. The molecule has 2 N–H and O–H groups in total. The summed E-state index contributed by atoms with van der Waals surface area (Å²) in [7, 11) is 0. The summed E-state index contributed by atoms with van der Waals surface area (Å²) < 4.78 is 24.3. The molecule has 5 heteroatoms. The van der Waals surface area contributed by atoms with E-state index in [1.54, 1.807) is 12.1 Å². The van der Waals surface area contributed by atoms with Gasteiger partial charge in [-0.3, -0.25) is 0 Å². The van der Waals surface area contributed by atoms with Gasteiger partial charge in [-0.25, -0.2) is 4.39 Å². The van der Waals surface area contributed by atoms with Crippen molar-refractivity contribution in [2.75, 3.05) is 13.2 Å². The third-order valence-corrected chi connectivity index (χ3v) is 2.31. The molecule has 1 rings (SSSR count). The van der Waals surface area contributed by atoms with Crippen LogP contribution < -0.4 is 10.5 Å². The van der Waals surface area contributed by atoms with Crippen LogP contribution in [0.2, 0.25) is 0 Å². The van der Waals surface area contributed by atoms with Crippen molar-refractivity contribution >= 4 is 17.2 Å². The van der Waals surface area contributed by atoms with Crippen molar-refractivity contribution in [3.8, 4) is 5.75 Å². The van der Waals surface area contributed by atoms with Crippen molar-refractivity contribution in [1.82, 2.24) is 0 Å². The maximum Gasteiger partial charge on any atom is 0.137 e. The van der Waals surface area contributed by atoms with Crippen LogP contribution in [0.4, 0.5) is 4.39 Å². The van der Waals surface area contributed by atoms with Gasteiger partial charge in [0, 0.05) is 6.61 Å². The number of benzene rings is 1. The molecular weight excluding hydrogens is 241 g/mol. The van der Waals surface area contributed by atoms with Gasteiger partial charge >= 0.3 is 0 Å². The van der Waals surface area contributed by atoms with Crippen molar-refractivity contribution in [3.63, 3.8) is 0 Å². The summed E-state index contributed by atoms with van der Waals surface area (Å²) in [6, 6.07) is 4.49. The van der Waals surface area contributed by atoms with Crippen molar-refractivity contribution in [2.24, 2.45) is 5.73 Å². The molecule has 17 heavy (non-hydrogen) atoms. The fourth-order valence-electron chi connectivity index (χ4n) is 1.38. The minimum absolute atomic E-state index is 0.0123. The first-order valence-electron chi connectivity index (χ1n) is 5.39. The molecule has 0 saturated carbocycles. The molecule has 0 bridgehead atoms. The Morgan fingerprint density at radius 2 is 2.24 bits per heavy atom. The van der Waals surface area contributed by atoms with Crippen LogP contribution >= 0.6 is 12.2 Å². The molecule has 0 fully saturated rings. The molecule has 0 aromatic heterocycles. The molecule has 3 nitrogen and oxygen atoms in total. The van der Waals surface area contributed by atoms with E-state index in [-0.39, 0.29) is 16.7 Å². The predicted octanol–water partition coefficient (Wildman–Crippen LogP) is 2.26. The van der Waals surface area contributed by atoms with Crippen molar-refractivity contribution in [2.45, 2.75) is 20.0 Å². The number of thiocarbonyl (C=S) groups is 1. The summed E-state index contributed by atoms with van der Waals surface area (Å²) in [4.78, 5) is -0.0123. The zero-order chi connectivity index (χ0) is 12.8. The number of halogens is 1. The monoisotopic (exact) mass is 257 g/mol. The minimum Gasteiger partial charge on any atom is -0.487 e. The molecule has 94 valence electrons. The van der Waals surface area contributed by atoms with Crippen LogP contribution in [0, 0.1) is 5.82 Å². The van der Waals surface area contributed by atoms with E-state index in [2.05, 4.69) is 0 Å². The summed E-state index contributed by atoms with van der Waals surface area (Å²) >= 11 is 4.80. The van der Waals surface area contributed by atoms with Gasteiger partial charge in [0.05, 0.1) is 12.2 Å². The minimum atomic E-state index is -0.474. The molecule has 0 spiro atoms. The maximum absolute atomic E-state index is 13.5. The molecule has 0 saturated heterocycles. The quantitative estimate of drug-likeness (QED) is 0.794. The molecule has 1 aromatic carbocycles. The second-order valence-corrected chi connectivity index (χ2v) is 4.00. The Kier molecular flexibility index (Phi) is 5.31. The molecule has 0 aliphatic carbocycles. The maximum atomic E-state index is 13.5. The molecule has 0 aliphatic heterocycles. The molecule has 0 heterocycles. The van der Waals surface area contributed by atoms with E-state index in [4.69, 9.17) is 27.4 Å². The molecular formula is C12H16FNO2S. The first-order valence-corrected chi connectivity index (χ1v) is 5.79. The van der Waals surface area contributed by atoms with Crippen molar-refractivity contribution < 1.29 is 13.9 Å². The Hall–Kier alpha value is -1.20. The summed E-state index contributed by atoms with van der Waals surface area (Å²) in [6.45, 7) is 4.78. The zero-order valence-corrected chi connectivity index (χ0v) is 10.7. The van der Waals surface area contributed by atoms with Crippen LogP contribution in [0.15, 0.2) is 18.2 Å². The van der Waals surface area contributed by atoms with Crippen molar-refractivity contribution in [1.29, 1.82) is 0 Å². The van der Waals surface area contributed by atoms with Crippen LogP contribution in [0.1, 0.15) is 19.4 Å². The SMILES string of the molecule is CCOCC(C)Oc1cccc(F)c1C(N)=S. The standard InChI is InChI=1S/C12H16FNO2S/c1-3-15-7-8(2)16-10-6-4-5-9(13)11(10)12(14)17/h4-6,8H,3,7H2,1-2H3,(H2,14,17). The van der Waals surface area contributed by atoms with E-state index in [0.717, 1.165) is 0 Å². The summed E-state index contributed by atoms with van der Waals surface area (Å²) in [6.07, 6.45) is -0.190. The average Bonchev–Trinajstić information content (AvgIpc) is 2.25. The highest BCUT2D eigenvalue weighted by Crippen LogP contribution is 2.22.